The Labute approximate surface area is 245 Å². The number of nitro groups is 1. The third-order valence-electron chi connectivity index (χ3n) is 5.48. The van der Waals surface area contributed by atoms with Gasteiger partial charge in [0.15, 0.2) is 24.1 Å². The Morgan fingerprint density at radius 2 is 1.56 bits per heavy atom. The van der Waals surface area contributed by atoms with Crippen molar-refractivity contribution in [1.29, 1.82) is 0 Å². The largest absolute Gasteiger partial charge is 0.467 e. The molecule has 6 atom stereocenters. The highest BCUT2D eigenvalue weighted by Crippen LogP contribution is 2.35. The van der Waals surface area contributed by atoms with Gasteiger partial charge in [-0.15, -0.1) is 0 Å². The Hall–Kier alpha value is -4.51. The van der Waals surface area contributed by atoms with Crippen LogP contribution >= 0.6 is 0 Å². The highest BCUT2D eigenvalue weighted by atomic mass is 16.7. The second kappa shape index (κ2) is 14.6. The first-order valence-corrected chi connectivity index (χ1v) is 12.8. The lowest BCUT2D eigenvalue weighted by molar-refractivity contribution is -0.387. The fourth-order valence-electron chi connectivity index (χ4n) is 3.90. The molecule has 0 spiro atoms. The van der Waals surface area contributed by atoms with Crippen LogP contribution in [0.15, 0.2) is 18.2 Å². The molecule has 0 aliphatic carbocycles. The number of methoxy groups -OCH3 is 1. The summed E-state index contributed by atoms with van der Waals surface area (Å²) in [6.45, 7) is 7.59. The van der Waals surface area contributed by atoms with E-state index in [0.717, 1.165) is 40.0 Å². The quantitative estimate of drug-likeness (QED) is 0.163. The number of esters is 4. The van der Waals surface area contributed by atoms with Crippen LogP contribution < -0.4 is 10.1 Å². The maximum Gasteiger partial charge on any atom is 0.407 e. The third-order valence-corrected chi connectivity index (χ3v) is 5.48. The summed E-state index contributed by atoms with van der Waals surface area (Å²) in [5.74, 6) is -4.33. The number of carbonyl (C=O) groups is 5. The summed E-state index contributed by atoms with van der Waals surface area (Å²) in [4.78, 5) is 71.3. The van der Waals surface area contributed by atoms with Crippen molar-refractivity contribution < 1.29 is 67.2 Å². The van der Waals surface area contributed by atoms with E-state index in [1.807, 2.05) is 0 Å². The van der Waals surface area contributed by atoms with Gasteiger partial charge in [-0.3, -0.25) is 24.5 Å². The fourth-order valence-corrected chi connectivity index (χ4v) is 3.90. The van der Waals surface area contributed by atoms with Crippen LogP contribution in [0.25, 0.3) is 0 Å². The summed E-state index contributed by atoms with van der Waals surface area (Å²) in [5, 5.41) is 24.8. The minimum atomic E-state index is -1.84. The van der Waals surface area contributed by atoms with Crippen LogP contribution in [0.4, 0.5) is 10.5 Å². The number of amides is 1. The molecule has 1 aromatic rings. The molecule has 1 aliphatic heterocycles. The van der Waals surface area contributed by atoms with Gasteiger partial charge in [0.2, 0.25) is 12.4 Å². The molecular weight excluding hydrogens is 580 g/mol. The van der Waals surface area contributed by atoms with Crippen molar-refractivity contribution in [1.82, 2.24) is 5.32 Å². The number of aliphatic hydroxyl groups is 1. The fraction of sp³-hybridized carbons (Fsp3) is 0.577. The van der Waals surface area contributed by atoms with Gasteiger partial charge in [0, 0.05) is 26.8 Å². The predicted molar refractivity (Wildman–Crippen MR) is 140 cm³/mol. The molecule has 1 unspecified atom stereocenters. The number of nitrogens with one attached hydrogen (secondary N) is 1. The van der Waals surface area contributed by atoms with Crippen molar-refractivity contribution in [2.75, 3.05) is 13.7 Å². The Balaban J connectivity index is 2.46. The van der Waals surface area contributed by atoms with Crippen LogP contribution in [0.5, 0.6) is 5.75 Å². The standard InChI is InChI=1S/C26H34N2O15/c1-12(29)38-19-20(39-13(2)30)22(40-14(3)31)24(42-21(19)23(33)37-7)41-18-9-8-15(10-16(18)28(35)36)17(32)11-27-25(34)43-26(4,5)6/h8-10,17,19-22,24,32H,11H2,1-7H3,(H,27,34)/t17?,19-,20-,21-,22+,24+/m0/s1. The number of nitrogens with zero attached hydrogens (tertiary/aromatic N) is 1. The average molecular weight is 615 g/mol. The Bertz CT molecular complexity index is 1230. The Kier molecular flexibility index (Phi) is 11.8. The van der Waals surface area contributed by atoms with Crippen molar-refractivity contribution in [3.8, 4) is 5.75 Å². The van der Waals surface area contributed by atoms with E-state index in [-0.39, 0.29) is 12.1 Å². The first-order chi connectivity index (χ1) is 19.9. The molecule has 1 aliphatic rings. The van der Waals surface area contributed by atoms with Crippen molar-refractivity contribution in [2.24, 2.45) is 0 Å². The molecule has 43 heavy (non-hydrogen) atoms. The van der Waals surface area contributed by atoms with Crippen LogP contribution in [0.1, 0.15) is 53.2 Å². The molecule has 0 bridgehead atoms. The molecule has 2 rings (SSSR count). The smallest absolute Gasteiger partial charge is 0.407 e. The van der Waals surface area contributed by atoms with Gasteiger partial charge in [0.1, 0.15) is 5.60 Å². The highest BCUT2D eigenvalue weighted by Gasteiger charge is 2.56. The van der Waals surface area contributed by atoms with E-state index in [2.05, 4.69) is 5.32 Å². The number of hydrogen-bond donors (Lipinski definition) is 2. The predicted octanol–water partition coefficient (Wildman–Crippen LogP) is 1.22. The Morgan fingerprint density at radius 3 is 2.07 bits per heavy atom. The minimum absolute atomic E-state index is 0.0105. The van der Waals surface area contributed by atoms with Crippen molar-refractivity contribution in [3.05, 3.63) is 33.9 Å². The third kappa shape index (κ3) is 10.1. The maximum absolute atomic E-state index is 12.6. The molecule has 1 saturated heterocycles. The van der Waals surface area contributed by atoms with Gasteiger partial charge in [-0.2, -0.15) is 0 Å². The summed E-state index contributed by atoms with van der Waals surface area (Å²) >= 11 is 0. The molecule has 1 fully saturated rings. The lowest BCUT2D eigenvalue weighted by Crippen LogP contribution is -2.64. The zero-order valence-corrected chi connectivity index (χ0v) is 24.5. The molecule has 17 heteroatoms. The van der Waals surface area contributed by atoms with Gasteiger partial charge in [0.05, 0.1) is 24.7 Å². The topological polar surface area (TPSA) is 225 Å². The van der Waals surface area contributed by atoms with Gasteiger partial charge in [-0.25, -0.2) is 9.59 Å². The zero-order valence-electron chi connectivity index (χ0n) is 24.5. The van der Waals surface area contributed by atoms with Crippen LogP contribution in [-0.4, -0.2) is 90.0 Å². The number of benzene rings is 1. The zero-order chi connectivity index (χ0) is 32.6. The van der Waals surface area contributed by atoms with Gasteiger partial charge >= 0.3 is 35.7 Å². The molecule has 2 N–H and O–H groups in total. The highest BCUT2D eigenvalue weighted by molar-refractivity contribution is 5.77. The molecule has 0 aromatic heterocycles. The number of nitro benzene ring substituents is 1. The van der Waals surface area contributed by atoms with E-state index in [0.29, 0.717) is 0 Å². The second-order valence-electron chi connectivity index (χ2n) is 10.2. The first-order valence-electron chi connectivity index (χ1n) is 12.8. The van der Waals surface area contributed by atoms with Crippen molar-refractivity contribution in [3.63, 3.8) is 0 Å². The van der Waals surface area contributed by atoms with Gasteiger partial charge in [0.25, 0.3) is 0 Å². The first kappa shape index (κ1) is 34.7. The summed E-state index contributed by atoms with van der Waals surface area (Å²) in [7, 11) is 0.998. The maximum atomic E-state index is 12.6. The summed E-state index contributed by atoms with van der Waals surface area (Å²) in [6.07, 6.45) is -10.9. The van der Waals surface area contributed by atoms with E-state index in [1.54, 1.807) is 20.8 Å². The van der Waals surface area contributed by atoms with Crippen LogP contribution in [-0.2, 0) is 47.6 Å². The van der Waals surface area contributed by atoms with Gasteiger partial charge in [-0.05, 0) is 32.4 Å². The summed E-state index contributed by atoms with van der Waals surface area (Å²) < 4.78 is 36.8. The van der Waals surface area contributed by atoms with Gasteiger partial charge in [-0.1, -0.05) is 6.07 Å². The van der Waals surface area contributed by atoms with Crippen LogP contribution in [0.3, 0.4) is 0 Å². The lowest BCUT2D eigenvalue weighted by atomic mass is 9.97. The SMILES string of the molecule is COC(=O)[C@H]1O[C@@H](Oc2ccc(C(O)CNC(=O)OC(C)(C)C)cc2[N+](=O)[O-])[C@H](OC(C)=O)[C@@H](OC(C)=O)[C@@H]1OC(C)=O. The normalized spacial score (nSPS) is 22.3. The number of aliphatic hydroxyl groups excluding tert-OH is 1. The van der Waals surface area contributed by atoms with Gasteiger partial charge < -0.3 is 43.6 Å². The molecule has 238 valence electrons. The monoisotopic (exact) mass is 614 g/mol. The molecule has 1 heterocycles. The van der Waals surface area contributed by atoms with Crippen molar-refractivity contribution >= 4 is 35.7 Å². The van der Waals surface area contributed by atoms with E-state index >= 15 is 0 Å². The van der Waals surface area contributed by atoms with E-state index in [9.17, 15) is 39.2 Å². The van der Waals surface area contributed by atoms with E-state index in [1.165, 1.54) is 6.07 Å². The van der Waals surface area contributed by atoms with E-state index < -0.39 is 88.7 Å². The van der Waals surface area contributed by atoms with Crippen LogP contribution in [0.2, 0.25) is 0 Å². The number of ether oxygens (including phenoxy) is 7. The number of carbonyl (C=O) groups excluding carboxylic acids is 5. The number of hydrogen-bond acceptors (Lipinski definition) is 15. The van der Waals surface area contributed by atoms with Crippen LogP contribution in [0, 0.1) is 10.1 Å². The minimum Gasteiger partial charge on any atom is -0.467 e. The molecule has 0 saturated carbocycles. The molecule has 1 aromatic carbocycles. The van der Waals surface area contributed by atoms with E-state index in [4.69, 9.17) is 33.2 Å². The molecule has 1 amide bonds. The Morgan fingerprint density at radius 1 is 1.00 bits per heavy atom. The molecule has 17 nitrogen and oxygen atoms in total. The number of alkyl carbamates (subject to hydrolysis) is 1. The average Bonchev–Trinajstić information content (AvgIpc) is 2.88. The second-order valence-corrected chi connectivity index (χ2v) is 10.2. The summed E-state index contributed by atoms with van der Waals surface area (Å²) in [5.41, 5.74) is -1.48. The molecule has 0 radical (unpaired) electrons. The summed E-state index contributed by atoms with van der Waals surface area (Å²) in [6, 6.07) is 3.30. The number of rotatable bonds is 10. The lowest BCUT2D eigenvalue weighted by Gasteiger charge is -2.42. The van der Waals surface area contributed by atoms with Crippen molar-refractivity contribution in [2.45, 2.75) is 84.0 Å². The molecular formula is C26H34N2O15.